The summed E-state index contributed by atoms with van der Waals surface area (Å²) in [5.41, 5.74) is 9.88. The van der Waals surface area contributed by atoms with Gasteiger partial charge in [-0.25, -0.2) is 0 Å². The fraction of sp³-hybridized carbons (Fsp3) is 0.133. The van der Waals surface area contributed by atoms with Gasteiger partial charge in [-0.15, -0.1) is 0 Å². The van der Waals surface area contributed by atoms with Gasteiger partial charge in [-0.05, 0) is 30.3 Å². The van der Waals surface area contributed by atoms with Crippen molar-refractivity contribution in [2.45, 2.75) is 0 Å². The van der Waals surface area contributed by atoms with Gasteiger partial charge in [0.2, 0.25) is 0 Å². The molecule has 102 valence electrons. The van der Waals surface area contributed by atoms with E-state index in [0.717, 1.165) is 16.9 Å². The molecule has 3 N–H and O–H groups in total. The van der Waals surface area contributed by atoms with Gasteiger partial charge in [-0.1, -0.05) is 6.07 Å². The molecule has 5 nitrogen and oxygen atoms in total. The van der Waals surface area contributed by atoms with Crippen LogP contribution in [0.25, 0.3) is 11.1 Å². The Morgan fingerprint density at radius 2 is 2.00 bits per heavy atom. The first-order valence-electron chi connectivity index (χ1n) is 6.32. The molecule has 0 amide bonds. The van der Waals surface area contributed by atoms with Crippen molar-refractivity contribution in [1.29, 1.82) is 0 Å². The number of benzene rings is 2. The van der Waals surface area contributed by atoms with Gasteiger partial charge < -0.3 is 20.4 Å². The van der Waals surface area contributed by atoms with E-state index in [-0.39, 0.29) is 0 Å². The Hall–Kier alpha value is -2.69. The Morgan fingerprint density at radius 3 is 2.80 bits per heavy atom. The highest BCUT2D eigenvalue weighted by Crippen LogP contribution is 2.25. The summed E-state index contributed by atoms with van der Waals surface area (Å²) in [6.45, 7) is 0. The topological polar surface area (TPSA) is 67.3 Å². The van der Waals surface area contributed by atoms with Crippen LogP contribution >= 0.6 is 0 Å². The number of nitrogens with one attached hydrogen (secondary N) is 1. The SMILES string of the molecule is CN(C)c1cccc(Nc2nc3ccc(N)cc3o2)c1. The van der Waals surface area contributed by atoms with Crippen molar-refractivity contribution in [3.63, 3.8) is 0 Å². The molecular formula is C15H16N4O. The maximum atomic E-state index is 5.73. The van der Waals surface area contributed by atoms with Gasteiger partial charge in [0, 0.05) is 37.2 Å². The van der Waals surface area contributed by atoms with Crippen molar-refractivity contribution in [3.05, 3.63) is 42.5 Å². The Morgan fingerprint density at radius 1 is 1.15 bits per heavy atom. The van der Waals surface area contributed by atoms with Crippen LogP contribution in [0.1, 0.15) is 0 Å². The molecule has 0 aliphatic heterocycles. The predicted molar refractivity (Wildman–Crippen MR) is 82.5 cm³/mol. The summed E-state index contributed by atoms with van der Waals surface area (Å²) in [7, 11) is 4.00. The van der Waals surface area contributed by atoms with Gasteiger partial charge in [0.25, 0.3) is 6.01 Å². The molecule has 0 saturated carbocycles. The lowest BCUT2D eigenvalue weighted by molar-refractivity contribution is 0.623. The minimum atomic E-state index is 0.460. The smallest absolute Gasteiger partial charge is 0.300 e. The molecule has 1 heterocycles. The first-order valence-corrected chi connectivity index (χ1v) is 6.32. The largest absolute Gasteiger partial charge is 0.423 e. The maximum absolute atomic E-state index is 5.73. The fourth-order valence-corrected chi connectivity index (χ4v) is 1.98. The molecule has 0 aliphatic rings. The molecule has 5 heteroatoms. The minimum Gasteiger partial charge on any atom is -0.423 e. The summed E-state index contributed by atoms with van der Waals surface area (Å²) in [6.07, 6.45) is 0. The summed E-state index contributed by atoms with van der Waals surface area (Å²) in [5.74, 6) is 0. The van der Waals surface area contributed by atoms with Gasteiger partial charge in [0.15, 0.2) is 5.58 Å². The molecule has 1 aromatic heterocycles. The van der Waals surface area contributed by atoms with Crippen molar-refractivity contribution in [3.8, 4) is 0 Å². The number of hydrogen-bond donors (Lipinski definition) is 2. The lowest BCUT2D eigenvalue weighted by atomic mass is 10.2. The monoisotopic (exact) mass is 268 g/mol. The highest BCUT2D eigenvalue weighted by molar-refractivity contribution is 5.78. The summed E-state index contributed by atoms with van der Waals surface area (Å²) in [4.78, 5) is 6.42. The zero-order valence-electron chi connectivity index (χ0n) is 11.4. The Bertz CT molecular complexity index is 748. The average molecular weight is 268 g/mol. The van der Waals surface area contributed by atoms with E-state index in [2.05, 4.69) is 10.3 Å². The van der Waals surface area contributed by atoms with Crippen molar-refractivity contribution >= 4 is 34.2 Å². The highest BCUT2D eigenvalue weighted by atomic mass is 16.4. The second-order valence-electron chi connectivity index (χ2n) is 4.82. The van der Waals surface area contributed by atoms with Crippen LogP contribution < -0.4 is 16.0 Å². The van der Waals surface area contributed by atoms with E-state index in [1.54, 1.807) is 12.1 Å². The molecule has 0 aliphatic carbocycles. The van der Waals surface area contributed by atoms with E-state index >= 15 is 0 Å². The van der Waals surface area contributed by atoms with Gasteiger partial charge in [-0.2, -0.15) is 4.98 Å². The number of fused-ring (bicyclic) bond motifs is 1. The summed E-state index contributed by atoms with van der Waals surface area (Å²) >= 11 is 0. The van der Waals surface area contributed by atoms with Crippen LogP contribution in [0.5, 0.6) is 0 Å². The van der Waals surface area contributed by atoms with Crippen LogP contribution in [0.15, 0.2) is 46.9 Å². The van der Waals surface area contributed by atoms with Crippen molar-refractivity contribution in [2.75, 3.05) is 30.0 Å². The number of rotatable bonds is 3. The number of hydrogen-bond acceptors (Lipinski definition) is 5. The number of nitrogens with two attached hydrogens (primary N) is 1. The first-order chi connectivity index (χ1) is 9.61. The van der Waals surface area contributed by atoms with E-state index < -0.39 is 0 Å². The van der Waals surface area contributed by atoms with E-state index in [1.807, 2.05) is 49.3 Å². The molecule has 0 radical (unpaired) electrons. The van der Waals surface area contributed by atoms with Crippen LogP contribution in [0.4, 0.5) is 23.1 Å². The second kappa shape index (κ2) is 4.77. The molecule has 0 fully saturated rings. The summed E-state index contributed by atoms with van der Waals surface area (Å²) < 4.78 is 5.64. The molecule has 0 unspecified atom stereocenters. The summed E-state index contributed by atoms with van der Waals surface area (Å²) in [5, 5.41) is 3.16. The Balaban J connectivity index is 1.90. The van der Waals surface area contributed by atoms with E-state index in [0.29, 0.717) is 17.3 Å². The predicted octanol–water partition coefficient (Wildman–Crippen LogP) is 3.22. The first kappa shape index (κ1) is 12.3. The van der Waals surface area contributed by atoms with Crippen LogP contribution in [-0.2, 0) is 0 Å². The second-order valence-corrected chi connectivity index (χ2v) is 4.82. The van der Waals surface area contributed by atoms with Crippen molar-refractivity contribution in [2.24, 2.45) is 0 Å². The van der Waals surface area contributed by atoms with Gasteiger partial charge in [-0.3, -0.25) is 0 Å². The molecule has 0 atom stereocenters. The number of aromatic nitrogens is 1. The van der Waals surface area contributed by atoms with Gasteiger partial charge in [0.05, 0.1) is 0 Å². The van der Waals surface area contributed by atoms with E-state index in [4.69, 9.17) is 10.2 Å². The molecule has 0 saturated heterocycles. The zero-order valence-corrected chi connectivity index (χ0v) is 11.4. The number of nitrogen functional groups attached to an aromatic ring is 1. The minimum absolute atomic E-state index is 0.460. The third-order valence-electron chi connectivity index (χ3n) is 3.03. The zero-order chi connectivity index (χ0) is 14.1. The van der Waals surface area contributed by atoms with E-state index in [1.165, 1.54) is 0 Å². The van der Waals surface area contributed by atoms with Crippen LogP contribution in [-0.4, -0.2) is 19.1 Å². The number of anilines is 4. The Labute approximate surface area is 117 Å². The molecule has 0 bridgehead atoms. The van der Waals surface area contributed by atoms with Crippen molar-refractivity contribution in [1.82, 2.24) is 4.98 Å². The van der Waals surface area contributed by atoms with Crippen LogP contribution in [0.2, 0.25) is 0 Å². The molecule has 2 aromatic carbocycles. The third-order valence-corrected chi connectivity index (χ3v) is 3.03. The number of nitrogens with zero attached hydrogens (tertiary/aromatic N) is 2. The molecule has 20 heavy (non-hydrogen) atoms. The van der Waals surface area contributed by atoms with Crippen LogP contribution in [0.3, 0.4) is 0 Å². The molecule has 3 rings (SSSR count). The normalized spacial score (nSPS) is 10.7. The van der Waals surface area contributed by atoms with E-state index in [9.17, 15) is 0 Å². The summed E-state index contributed by atoms with van der Waals surface area (Å²) in [6, 6.07) is 13.9. The third kappa shape index (κ3) is 2.38. The molecular weight excluding hydrogens is 252 g/mol. The Kier molecular flexibility index (Phi) is 2.95. The molecule has 0 spiro atoms. The van der Waals surface area contributed by atoms with Gasteiger partial charge in [0.1, 0.15) is 5.52 Å². The quantitative estimate of drug-likeness (QED) is 0.714. The van der Waals surface area contributed by atoms with Crippen LogP contribution in [0, 0.1) is 0 Å². The highest BCUT2D eigenvalue weighted by Gasteiger charge is 2.06. The van der Waals surface area contributed by atoms with Crippen molar-refractivity contribution < 1.29 is 4.42 Å². The number of oxazole rings is 1. The lowest BCUT2D eigenvalue weighted by Gasteiger charge is -2.13. The fourth-order valence-electron chi connectivity index (χ4n) is 1.98. The molecule has 3 aromatic rings. The maximum Gasteiger partial charge on any atom is 0.300 e. The lowest BCUT2D eigenvalue weighted by Crippen LogP contribution is -2.08. The standard InChI is InChI=1S/C15H16N4O/c1-19(2)12-5-3-4-11(9-12)17-15-18-13-7-6-10(16)8-14(13)20-15/h3-9H,16H2,1-2H3,(H,17,18). The average Bonchev–Trinajstić information content (AvgIpc) is 2.80. The van der Waals surface area contributed by atoms with Gasteiger partial charge >= 0.3 is 0 Å².